The highest BCUT2D eigenvalue weighted by molar-refractivity contribution is 6.05. The molecule has 0 N–H and O–H groups in total. The number of ketones is 1. The third-order valence-corrected chi connectivity index (χ3v) is 5.89. The molecule has 3 aromatic rings. The number of benzene rings is 2. The molecule has 1 aliphatic rings. The monoisotopic (exact) mass is 437 g/mol. The van der Waals surface area contributed by atoms with E-state index in [-0.39, 0.29) is 5.78 Å². The van der Waals surface area contributed by atoms with Gasteiger partial charge in [0.2, 0.25) is 5.75 Å². The molecule has 2 heterocycles. The average molecular weight is 438 g/mol. The molecule has 32 heavy (non-hydrogen) atoms. The number of carbonyl (C=O) groups excluding carboxylic acids is 1. The van der Waals surface area contributed by atoms with E-state index >= 15 is 0 Å². The summed E-state index contributed by atoms with van der Waals surface area (Å²) in [4.78, 5) is 14.9. The van der Waals surface area contributed by atoms with Crippen LogP contribution in [0.25, 0.3) is 11.0 Å². The highest BCUT2D eigenvalue weighted by atomic mass is 16.5. The molecule has 0 amide bonds. The van der Waals surface area contributed by atoms with Crippen LogP contribution in [-0.2, 0) is 11.2 Å². The summed E-state index contributed by atoms with van der Waals surface area (Å²) in [7, 11) is 0. The number of hydrogen-bond donors (Lipinski definition) is 0. The lowest BCUT2D eigenvalue weighted by Gasteiger charge is -2.27. The van der Waals surface area contributed by atoms with E-state index in [0.717, 1.165) is 56.6 Å². The largest absolute Gasteiger partial charge is 0.487 e. The quantitative estimate of drug-likeness (QED) is 0.339. The fourth-order valence-electron chi connectivity index (χ4n) is 4.19. The van der Waals surface area contributed by atoms with Crippen molar-refractivity contribution >= 4 is 16.8 Å². The normalized spacial score (nSPS) is 14.6. The minimum atomic E-state index is -0.0406. The van der Waals surface area contributed by atoms with Gasteiger partial charge in [-0.25, -0.2) is 0 Å². The fraction of sp³-hybridized carbons (Fsp3) is 0.423. The number of nitrogens with zero attached hydrogens (tertiary/aromatic N) is 1. The zero-order valence-corrected chi connectivity index (χ0v) is 18.9. The molecule has 4 rings (SSSR count). The Kier molecular flexibility index (Phi) is 7.45. The number of furan rings is 1. The maximum Gasteiger partial charge on any atom is 0.205 e. The number of hydrogen-bond acceptors (Lipinski definition) is 6. The lowest BCUT2D eigenvalue weighted by Crippen LogP contribution is -2.38. The van der Waals surface area contributed by atoms with E-state index in [1.54, 1.807) is 13.2 Å². The Balaban J connectivity index is 1.54. The number of Topliss-reactive ketones (excluding diaryl/α,β-unsaturated/α-hetero) is 1. The van der Waals surface area contributed by atoms with Crippen molar-refractivity contribution < 1.29 is 23.4 Å². The molecule has 0 spiro atoms. The van der Waals surface area contributed by atoms with Crippen molar-refractivity contribution in [2.45, 2.75) is 26.7 Å². The Morgan fingerprint density at radius 2 is 1.78 bits per heavy atom. The number of morpholine rings is 1. The minimum Gasteiger partial charge on any atom is -0.487 e. The maximum absolute atomic E-state index is 12.6. The molecule has 2 aromatic carbocycles. The molecular formula is C26H31NO5. The highest BCUT2D eigenvalue weighted by Crippen LogP contribution is 2.43. The summed E-state index contributed by atoms with van der Waals surface area (Å²) in [5.41, 5.74) is 3.33. The number of fused-ring (bicyclic) bond motifs is 1. The molecule has 170 valence electrons. The first kappa shape index (κ1) is 22.4. The van der Waals surface area contributed by atoms with Crippen molar-refractivity contribution in [3.8, 4) is 11.5 Å². The molecule has 1 fully saturated rings. The molecule has 1 aliphatic heterocycles. The molecule has 6 nitrogen and oxygen atoms in total. The van der Waals surface area contributed by atoms with Crippen LogP contribution in [0.1, 0.15) is 34.8 Å². The molecular weight excluding hydrogens is 406 g/mol. The summed E-state index contributed by atoms with van der Waals surface area (Å²) < 4.78 is 23.6. The van der Waals surface area contributed by atoms with Gasteiger partial charge in [0.25, 0.3) is 0 Å². The van der Waals surface area contributed by atoms with Gasteiger partial charge in [0, 0.05) is 25.0 Å². The van der Waals surface area contributed by atoms with E-state index in [0.29, 0.717) is 35.9 Å². The van der Waals surface area contributed by atoms with Crippen LogP contribution in [0.5, 0.6) is 11.5 Å². The Hall–Kier alpha value is -2.83. The van der Waals surface area contributed by atoms with Crippen molar-refractivity contribution in [1.82, 2.24) is 4.90 Å². The Labute approximate surface area is 189 Å². The van der Waals surface area contributed by atoms with Gasteiger partial charge in [0.1, 0.15) is 6.61 Å². The van der Waals surface area contributed by atoms with Crippen LogP contribution in [-0.4, -0.2) is 56.7 Å². The third-order valence-electron chi connectivity index (χ3n) is 5.89. The second-order valence-electron chi connectivity index (χ2n) is 8.12. The predicted molar refractivity (Wildman–Crippen MR) is 124 cm³/mol. The van der Waals surface area contributed by atoms with Crippen LogP contribution < -0.4 is 9.47 Å². The molecule has 0 bridgehead atoms. The lowest BCUT2D eigenvalue weighted by atomic mass is 9.99. The maximum atomic E-state index is 12.6. The van der Waals surface area contributed by atoms with Gasteiger partial charge in [-0.05, 0) is 43.9 Å². The SMILES string of the molecule is CC(=O)c1c(OCCN2CCOCC2)c(OCCCc2ccccc2)c2occc2c1C. The molecule has 0 atom stereocenters. The van der Waals surface area contributed by atoms with E-state index in [4.69, 9.17) is 18.6 Å². The van der Waals surface area contributed by atoms with Gasteiger partial charge in [0.15, 0.2) is 17.1 Å². The number of rotatable bonds is 10. The summed E-state index contributed by atoms with van der Waals surface area (Å²) in [6.45, 7) is 8.51. The van der Waals surface area contributed by atoms with Crippen LogP contribution in [0.15, 0.2) is 47.1 Å². The van der Waals surface area contributed by atoms with E-state index in [1.165, 1.54) is 5.56 Å². The standard InChI is InChI=1S/C26H31NO5/c1-19-22-10-15-31-24(22)26(30-14-6-9-21-7-4-3-5-8-21)25(23(19)20(2)28)32-18-13-27-11-16-29-17-12-27/h3-5,7-8,10,15H,6,9,11-14,16-18H2,1-2H3. The second-order valence-corrected chi connectivity index (χ2v) is 8.12. The van der Waals surface area contributed by atoms with Gasteiger partial charge in [-0.2, -0.15) is 0 Å². The first-order chi connectivity index (χ1) is 15.6. The smallest absolute Gasteiger partial charge is 0.205 e. The van der Waals surface area contributed by atoms with Crippen LogP contribution in [0.4, 0.5) is 0 Å². The molecule has 1 saturated heterocycles. The van der Waals surface area contributed by atoms with E-state index in [1.807, 2.05) is 31.2 Å². The van der Waals surface area contributed by atoms with Crippen molar-refractivity contribution in [3.05, 3.63) is 59.4 Å². The molecule has 0 unspecified atom stereocenters. The Morgan fingerprint density at radius 3 is 2.53 bits per heavy atom. The van der Waals surface area contributed by atoms with Crippen molar-refractivity contribution in [2.24, 2.45) is 0 Å². The molecule has 0 aliphatic carbocycles. The summed E-state index contributed by atoms with van der Waals surface area (Å²) in [6.07, 6.45) is 3.40. The first-order valence-corrected chi connectivity index (χ1v) is 11.3. The zero-order chi connectivity index (χ0) is 22.3. The van der Waals surface area contributed by atoms with Crippen molar-refractivity contribution in [1.29, 1.82) is 0 Å². The zero-order valence-electron chi connectivity index (χ0n) is 18.9. The van der Waals surface area contributed by atoms with Crippen molar-refractivity contribution in [2.75, 3.05) is 46.1 Å². The third kappa shape index (κ3) is 5.14. The number of aryl methyl sites for hydroxylation is 2. The van der Waals surface area contributed by atoms with E-state index in [2.05, 4.69) is 17.0 Å². The summed E-state index contributed by atoms with van der Waals surface area (Å²) in [6, 6.07) is 12.2. The number of ether oxygens (including phenoxy) is 3. The summed E-state index contributed by atoms with van der Waals surface area (Å²) in [5.74, 6) is 0.974. The first-order valence-electron chi connectivity index (χ1n) is 11.3. The van der Waals surface area contributed by atoms with Gasteiger partial charge in [-0.15, -0.1) is 0 Å². The van der Waals surface area contributed by atoms with Gasteiger partial charge in [-0.1, -0.05) is 30.3 Å². The summed E-state index contributed by atoms with van der Waals surface area (Å²) in [5, 5.41) is 0.883. The minimum absolute atomic E-state index is 0.0406. The van der Waals surface area contributed by atoms with E-state index in [9.17, 15) is 4.79 Å². The van der Waals surface area contributed by atoms with Crippen LogP contribution >= 0.6 is 0 Å². The van der Waals surface area contributed by atoms with Gasteiger partial charge >= 0.3 is 0 Å². The molecule has 0 radical (unpaired) electrons. The molecule has 1 aromatic heterocycles. The van der Waals surface area contributed by atoms with Gasteiger partial charge in [-0.3, -0.25) is 9.69 Å². The second kappa shape index (κ2) is 10.7. The van der Waals surface area contributed by atoms with Crippen LogP contribution in [0.2, 0.25) is 0 Å². The topological polar surface area (TPSA) is 61.1 Å². The van der Waals surface area contributed by atoms with Gasteiger partial charge in [0.05, 0.1) is 31.6 Å². The number of carbonyl (C=O) groups is 1. The highest BCUT2D eigenvalue weighted by Gasteiger charge is 2.25. The average Bonchev–Trinajstić information content (AvgIpc) is 3.30. The van der Waals surface area contributed by atoms with Gasteiger partial charge < -0.3 is 18.6 Å². The molecule has 6 heteroatoms. The Bertz CT molecular complexity index is 1040. The van der Waals surface area contributed by atoms with Crippen LogP contribution in [0, 0.1) is 6.92 Å². The molecule has 0 saturated carbocycles. The Morgan fingerprint density at radius 1 is 1.03 bits per heavy atom. The van der Waals surface area contributed by atoms with Crippen molar-refractivity contribution in [3.63, 3.8) is 0 Å². The summed E-state index contributed by atoms with van der Waals surface area (Å²) >= 11 is 0. The fourth-order valence-corrected chi connectivity index (χ4v) is 4.19. The predicted octanol–water partition coefficient (Wildman–Crippen LogP) is 4.67. The van der Waals surface area contributed by atoms with E-state index < -0.39 is 0 Å². The van der Waals surface area contributed by atoms with Crippen LogP contribution in [0.3, 0.4) is 0 Å². The lowest BCUT2D eigenvalue weighted by molar-refractivity contribution is 0.0320.